The molecule has 0 aliphatic carbocycles. The number of anilines is 3. The summed E-state index contributed by atoms with van der Waals surface area (Å²) in [4.78, 5) is 18.6. The lowest BCUT2D eigenvalue weighted by Gasteiger charge is -2.30. The van der Waals surface area contributed by atoms with E-state index in [4.69, 9.17) is 24.4 Å². The van der Waals surface area contributed by atoms with Gasteiger partial charge in [0.25, 0.3) is 0 Å². The maximum absolute atomic E-state index is 5.50. The second-order valence-corrected chi connectivity index (χ2v) is 7.93. The van der Waals surface area contributed by atoms with Crippen LogP contribution in [0.5, 0.6) is 0 Å². The van der Waals surface area contributed by atoms with Crippen molar-refractivity contribution in [3.63, 3.8) is 0 Å². The van der Waals surface area contributed by atoms with Gasteiger partial charge in [-0.2, -0.15) is 15.0 Å². The van der Waals surface area contributed by atoms with Gasteiger partial charge >= 0.3 is 0 Å². The largest absolute Gasteiger partial charge is 0.378 e. The molecule has 8 nitrogen and oxygen atoms in total. The first kappa shape index (κ1) is 20.0. The van der Waals surface area contributed by atoms with Gasteiger partial charge < -0.3 is 24.6 Å². The molecular formula is C23H28N6O2. The van der Waals surface area contributed by atoms with E-state index in [1.54, 1.807) is 0 Å². The molecule has 1 aromatic heterocycles. The van der Waals surface area contributed by atoms with E-state index in [1.165, 1.54) is 16.3 Å². The van der Waals surface area contributed by atoms with Crippen molar-refractivity contribution in [2.45, 2.75) is 13.0 Å². The zero-order valence-corrected chi connectivity index (χ0v) is 17.8. The third-order valence-corrected chi connectivity index (χ3v) is 5.82. The number of morpholine rings is 2. The lowest BCUT2D eigenvalue weighted by atomic mass is 10.0. The number of nitrogens with one attached hydrogen (secondary N) is 1. The Morgan fingerprint density at radius 3 is 1.97 bits per heavy atom. The van der Waals surface area contributed by atoms with E-state index in [9.17, 15) is 0 Å². The summed E-state index contributed by atoms with van der Waals surface area (Å²) in [5.74, 6) is 2.00. The minimum Gasteiger partial charge on any atom is -0.378 e. The first-order valence-corrected chi connectivity index (χ1v) is 10.9. The van der Waals surface area contributed by atoms with E-state index in [2.05, 4.69) is 64.5 Å². The van der Waals surface area contributed by atoms with Crippen LogP contribution in [0.3, 0.4) is 0 Å². The molecule has 3 aromatic rings. The number of ether oxygens (including phenoxy) is 2. The number of hydrogen-bond acceptors (Lipinski definition) is 8. The standard InChI is InChI=1S/C23H28N6O2/c1-17(19-7-6-18-4-2-3-5-20(18)16-19)24-21-25-22(28-8-12-30-13-9-28)27-23(26-21)29-10-14-31-15-11-29/h2-7,16-17H,8-15H2,1H3,(H,24,25,26,27). The van der Waals surface area contributed by atoms with Crippen LogP contribution in [0, 0.1) is 0 Å². The second-order valence-electron chi connectivity index (χ2n) is 7.93. The molecule has 162 valence electrons. The van der Waals surface area contributed by atoms with Crippen molar-refractivity contribution in [2.24, 2.45) is 0 Å². The number of aromatic nitrogens is 3. The fourth-order valence-electron chi connectivity index (χ4n) is 3.98. The number of nitrogens with zero attached hydrogens (tertiary/aromatic N) is 5. The van der Waals surface area contributed by atoms with Gasteiger partial charge in [-0.1, -0.05) is 36.4 Å². The summed E-state index contributed by atoms with van der Waals surface area (Å²) in [7, 11) is 0. The SMILES string of the molecule is CC(Nc1nc(N2CCOCC2)nc(N2CCOCC2)n1)c1ccc2ccccc2c1. The first-order chi connectivity index (χ1) is 15.3. The van der Waals surface area contributed by atoms with Gasteiger partial charge in [-0.15, -0.1) is 0 Å². The van der Waals surface area contributed by atoms with Crippen LogP contribution in [0.1, 0.15) is 18.5 Å². The molecule has 0 saturated carbocycles. The summed E-state index contributed by atoms with van der Waals surface area (Å²) < 4.78 is 11.0. The van der Waals surface area contributed by atoms with E-state index in [0.29, 0.717) is 44.3 Å². The molecule has 2 saturated heterocycles. The molecule has 1 atom stereocenters. The number of benzene rings is 2. The molecule has 31 heavy (non-hydrogen) atoms. The molecular weight excluding hydrogens is 392 g/mol. The highest BCUT2D eigenvalue weighted by Crippen LogP contribution is 2.24. The summed E-state index contributed by atoms with van der Waals surface area (Å²) in [6, 6.07) is 15.0. The smallest absolute Gasteiger partial charge is 0.232 e. The lowest BCUT2D eigenvalue weighted by Crippen LogP contribution is -2.40. The summed E-state index contributed by atoms with van der Waals surface area (Å²) in [5.41, 5.74) is 1.19. The van der Waals surface area contributed by atoms with Gasteiger partial charge in [0, 0.05) is 26.2 Å². The number of fused-ring (bicyclic) bond motifs is 1. The Hall–Kier alpha value is -2.97. The van der Waals surface area contributed by atoms with Gasteiger partial charge in [0.2, 0.25) is 17.8 Å². The average molecular weight is 421 g/mol. The molecule has 2 aromatic carbocycles. The van der Waals surface area contributed by atoms with Crippen molar-refractivity contribution in [1.82, 2.24) is 15.0 Å². The van der Waals surface area contributed by atoms with Crippen LogP contribution in [0.25, 0.3) is 10.8 Å². The minimum atomic E-state index is 0.0575. The highest BCUT2D eigenvalue weighted by Gasteiger charge is 2.21. The molecule has 5 rings (SSSR count). The van der Waals surface area contributed by atoms with Crippen molar-refractivity contribution in [2.75, 3.05) is 67.7 Å². The van der Waals surface area contributed by atoms with E-state index in [1.807, 2.05) is 0 Å². The Bertz CT molecular complexity index is 997. The molecule has 8 heteroatoms. The summed E-state index contributed by atoms with van der Waals surface area (Å²) >= 11 is 0. The molecule has 1 unspecified atom stereocenters. The minimum absolute atomic E-state index is 0.0575. The molecule has 0 bridgehead atoms. The maximum Gasteiger partial charge on any atom is 0.232 e. The van der Waals surface area contributed by atoms with Gasteiger partial charge in [0.05, 0.1) is 32.5 Å². The fourth-order valence-corrected chi connectivity index (χ4v) is 3.98. The first-order valence-electron chi connectivity index (χ1n) is 10.9. The van der Waals surface area contributed by atoms with Crippen molar-refractivity contribution < 1.29 is 9.47 Å². The molecule has 3 heterocycles. The Morgan fingerprint density at radius 2 is 1.35 bits per heavy atom. The van der Waals surface area contributed by atoms with Crippen LogP contribution in [0.2, 0.25) is 0 Å². The molecule has 2 aliphatic heterocycles. The fraction of sp³-hybridized carbons (Fsp3) is 0.435. The van der Waals surface area contributed by atoms with E-state index >= 15 is 0 Å². The van der Waals surface area contributed by atoms with Crippen LogP contribution in [0.4, 0.5) is 17.8 Å². The van der Waals surface area contributed by atoms with Gasteiger partial charge in [-0.25, -0.2) is 0 Å². The average Bonchev–Trinajstić information content (AvgIpc) is 2.84. The molecule has 1 N–H and O–H groups in total. The van der Waals surface area contributed by atoms with Gasteiger partial charge in [0.15, 0.2) is 0 Å². The summed E-state index contributed by atoms with van der Waals surface area (Å²) in [6.45, 7) is 8.03. The third kappa shape index (κ3) is 4.55. The number of rotatable bonds is 5. The Labute approximate surface area is 182 Å². The van der Waals surface area contributed by atoms with Crippen molar-refractivity contribution in [3.8, 4) is 0 Å². The lowest BCUT2D eigenvalue weighted by molar-refractivity contribution is 0.121. The van der Waals surface area contributed by atoms with E-state index in [0.717, 1.165) is 26.2 Å². The molecule has 0 amide bonds. The van der Waals surface area contributed by atoms with Crippen molar-refractivity contribution in [1.29, 1.82) is 0 Å². The zero-order valence-electron chi connectivity index (χ0n) is 17.8. The summed E-state index contributed by atoms with van der Waals surface area (Å²) in [5, 5.41) is 5.97. The van der Waals surface area contributed by atoms with Gasteiger partial charge in [-0.3, -0.25) is 0 Å². The Morgan fingerprint density at radius 1 is 0.774 bits per heavy atom. The number of hydrogen-bond donors (Lipinski definition) is 1. The zero-order chi connectivity index (χ0) is 21.0. The molecule has 0 radical (unpaired) electrons. The quantitative estimate of drug-likeness (QED) is 0.675. The predicted molar refractivity (Wildman–Crippen MR) is 122 cm³/mol. The highest BCUT2D eigenvalue weighted by molar-refractivity contribution is 5.83. The molecule has 0 spiro atoms. The van der Waals surface area contributed by atoms with Crippen LogP contribution in [-0.4, -0.2) is 67.6 Å². The third-order valence-electron chi connectivity index (χ3n) is 5.82. The van der Waals surface area contributed by atoms with Gasteiger partial charge in [0.1, 0.15) is 0 Å². The summed E-state index contributed by atoms with van der Waals surface area (Å²) in [6.07, 6.45) is 0. The van der Waals surface area contributed by atoms with Gasteiger partial charge in [-0.05, 0) is 29.3 Å². The topological polar surface area (TPSA) is 75.6 Å². The monoisotopic (exact) mass is 420 g/mol. The Balaban J connectivity index is 1.43. The van der Waals surface area contributed by atoms with Crippen molar-refractivity contribution >= 4 is 28.6 Å². The van der Waals surface area contributed by atoms with Crippen LogP contribution in [-0.2, 0) is 9.47 Å². The van der Waals surface area contributed by atoms with Crippen LogP contribution < -0.4 is 15.1 Å². The second kappa shape index (κ2) is 9.03. The van der Waals surface area contributed by atoms with Crippen LogP contribution >= 0.6 is 0 Å². The Kier molecular flexibility index (Phi) is 5.82. The maximum atomic E-state index is 5.50. The van der Waals surface area contributed by atoms with E-state index < -0.39 is 0 Å². The molecule has 2 fully saturated rings. The predicted octanol–water partition coefficient (Wildman–Crippen LogP) is 2.87. The highest BCUT2D eigenvalue weighted by atomic mass is 16.5. The van der Waals surface area contributed by atoms with Crippen molar-refractivity contribution in [3.05, 3.63) is 48.0 Å². The molecule has 2 aliphatic rings. The van der Waals surface area contributed by atoms with Crippen LogP contribution in [0.15, 0.2) is 42.5 Å². The van der Waals surface area contributed by atoms with E-state index in [-0.39, 0.29) is 6.04 Å². The normalized spacial score (nSPS) is 18.2.